The van der Waals surface area contributed by atoms with E-state index in [-0.39, 0.29) is 0 Å². The number of hydrogen-bond acceptors (Lipinski definition) is 2. The second kappa shape index (κ2) is 4.00. The molecular formula is C8H16N2S. The first-order valence-corrected chi connectivity index (χ1v) is 4.97. The third-order valence-corrected chi connectivity index (χ3v) is 2.94. The van der Waals surface area contributed by atoms with E-state index in [4.69, 9.17) is 0 Å². The normalized spacial score (nSPS) is 28.0. The average Bonchev–Trinajstić information content (AvgIpc) is 2.34. The monoisotopic (exact) mass is 172 g/mol. The lowest BCUT2D eigenvalue weighted by Crippen LogP contribution is -2.16. The van der Waals surface area contributed by atoms with Crippen LogP contribution in [0.4, 0.5) is 0 Å². The van der Waals surface area contributed by atoms with Crippen LogP contribution in [0, 0.1) is 5.92 Å². The molecule has 1 fully saturated rings. The molecule has 3 heteroatoms. The SMILES string of the molecule is CN=C1NCC(CC(C)C)S1. The fourth-order valence-electron chi connectivity index (χ4n) is 1.23. The third-order valence-electron chi connectivity index (χ3n) is 1.70. The highest BCUT2D eigenvalue weighted by atomic mass is 32.2. The zero-order chi connectivity index (χ0) is 8.27. The largest absolute Gasteiger partial charge is 0.364 e. The Balaban J connectivity index is 2.30. The van der Waals surface area contributed by atoms with Gasteiger partial charge in [0.25, 0.3) is 0 Å². The molecule has 0 amide bonds. The molecule has 0 radical (unpaired) electrons. The Morgan fingerprint density at radius 3 is 2.91 bits per heavy atom. The van der Waals surface area contributed by atoms with Crippen molar-refractivity contribution in [3.63, 3.8) is 0 Å². The summed E-state index contributed by atoms with van der Waals surface area (Å²) in [6, 6.07) is 0. The minimum absolute atomic E-state index is 0.744. The van der Waals surface area contributed by atoms with Crippen LogP contribution in [0.5, 0.6) is 0 Å². The van der Waals surface area contributed by atoms with Crippen LogP contribution < -0.4 is 5.32 Å². The van der Waals surface area contributed by atoms with Crippen LogP contribution in [-0.2, 0) is 0 Å². The van der Waals surface area contributed by atoms with E-state index in [1.54, 1.807) is 0 Å². The highest BCUT2D eigenvalue weighted by Gasteiger charge is 2.20. The fraction of sp³-hybridized carbons (Fsp3) is 0.875. The van der Waals surface area contributed by atoms with Gasteiger partial charge in [0.15, 0.2) is 5.17 Å². The summed E-state index contributed by atoms with van der Waals surface area (Å²) in [5.41, 5.74) is 0. The maximum absolute atomic E-state index is 4.11. The van der Waals surface area contributed by atoms with Crippen LogP contribution in [0.3, 0.4) is 0 Å². The molecule has 0 aromatic rings. The van der Waals surface area contributed by atoms with E-state index in [9.17, 15) is 0 Å². The highest BCUT2D eigenvalue weighted by molar-refractivity contribution is 8.14. The Hall–Kier alpha value is -0.180. The van der Waals surface area contributed by atoms with Gasteiger partial charge in [0.2, 0.25) is 0 Å². The van der Waals surface area contributed by atoms with Crippen molar-refractivity contribution in [2.45, 2.75) is 25.5 Å². The molecule has 1 unspecified atom stereocenters. The number of aliphatic imine (C=N–C) groups is 1. The number of rotatable bonds is 2. The van der Waals surface area contributed by atoms with Gasteiger partial charge in [0, 0.05) is 18.8 Å². The predicted octanol–water partition coefficient (Wildman–Crippen LogP) is 1.72. The summed E-state index contributed by atoms with van der Waals surface area (Å²) < 4.78 is 0. The fourth-order valence-corrected chi connectivity index (χ4v) is 2.47. The quantitative estimate of drug-likeness (QED) is 0.686. The first-order chi connectivity index (χ1) is 5.22. The summed E-state index contributed by atoms with van der Waals surface area (Å²) in [4.78, 5) is 4.11. The first kappa shape index (κ1) is 8.91. The minimum Gasteiger partial charge on any atom is -0.364 e. The third kappa shape index (κ3) is 2.73. The molecule has 1 aliphatic heterocycles. The van der Waals surface area contributed by atoms with Gasteiger partial charge in [0.1, 0.15) is 0 Å². The van der Waals surface area contributed by atoms with E-state index in [0.29, 0.717) is 0 Å². The lowest BCUT2D eigenvalue weighted by molar-refractivity contribution is 0.568. The van der Waals surface area contributed by atoms with E-state index in [1.165, 1.54) is 6.42 Å². The Bertz CT molecular complexity index is 154. The van der Waals surface area contributed by atoms with Crippen molar-refractivity contribution in [2.75, 3.05) is 13.6 Å². The van der Waals surface area contributed by atoms with Crippen molar-refractivity contribution in [3.8, 4) is 0 Å². The van der Waals surface area contributed by atoms with Gasteiger partial charge in [-0.05, 0) is 12.3 Å². The van der Waals surface area contributed by atoms with Gasteiger partial charge in [-0.25, -0.2) is 0 Å². The van der Waals surface area contributed by atoms with Gasteiger partial charge in [-0.15, -0.1) is 0 Å². The topological polar surface area (TPSA) is 24.4 Å². The molecular weight excluding hydrogens is 156 g/mol. The molecule has 64 valence electrons. The second-order valence-corrected chi connectivity index (χ2v) is 4.57. The molecule has 1 saturated heterocycles. The minimum atomic E-state index is 0.744. The Labute approximate surface area is 72.9 Å². The van der Waals surface area contributed by atoms with Crippen molar-refractivity contribution in [3.05, 3.63) is 0 Å². The van der Waals surface area contributed by atoms with E-state index >= 15 is 0 Å². The summed E-state index contributed by atoms with van der Waals surface area (Å²) in [6.07, 6.45) is 1.29. The van der Waals surface area contributed by atoms with E-state index < -0.39 is 0 Å². The van der Waals surface area contributed by atoms with Gasteiger partial charge in [-0.3, -0.25) is 4.99 Å². The lowest BCUT2D eigenvalue weighted by Gasteiger charge is -2.08. The molecule has 1 atom stereocenters. The first-order valence-electron chi connectivity index (χ1n) is 4.09. The van der Waals surface area contributed by atoms with Crippen molar-refractivity contribution in [1.29, 1.82) is 0 Å². The number of nitrogens with one attached hydrogen (secondary N) is 1. The summed E-state index contributed by atoms with van der Waals surface area (Å²) in [5.74, 6) is 0.797. The molecule has 1 aliphatic rings. The summed E-state index contributed by atoms with van der Waals surface area (Å²) in [7, 11) is 1.84. The van der Waals surface area contributed by atoms with Gasteiger partial charge in [-0.2, -0.15) is 0 Å². The summed E-state index contributed by atoms with van der Waals surface area (Å²) >= 11 is 1.88. The molecule has 0 saturated carbocycles. The molecule has 1 heterocycles. The van der Waals surface area contributed by atoms with Gasteiger partial charge >= 0.3 is 0 Å². The standard InChI is InChI=1S/C8H16N2S/c1-6(2)4-7-5-10-8(9-3)11-7/h6-7H,4-5H2,1-3H3,(H,9,10). The van der Waals surface area contributed by atoms with Crippen LogP contribution in [-0.4, -0.2) is 24.0 Å². The zero-order valence-corrected chi connectivity index (χ0v) is 8.24. The molecule has 0 aliphatic carbocycles. The Morgan fingerprint density at radius 2 is 2.45 bits per heavy atom. The van der Waals surface area contributed by atoms with Gasteiger partial charge in [-0.1, -0.05) is 25.6 Å². The van der Waals surface area contributed by atoms with Crippen LogP contribution in [0.15, 0.2) is 4.99 Å². The highest BCUT2D eigenvalue weighted by Crippen LogP contribution is 2.23. The van der Waals surface area contributed by atoms with Crippen LogP contribution >= 0.6 is 11.8 Å². The van der Waals surface area contributed by atoms with Crippen molar-refractivity contribution in [1.82, 2.24) is 5.32 Å². The molecule has 2 nitrogen and oxygen atoms in total. The van der Waals surface area contributed by atoms with E-state index in [1.807, 2.05) is 18.8 Å². The van der Waals surface area contributed by atoms with E-state index in [0.717, 1.165) is 22.9 Å². The van der Waals surface area contributed by atoms with Gasteiger partial charge in [0.05, 0.1) is 0 Å². The number of hydrogen-bond donors (Lipinski definition) is 1. The average molecular weight is 172 g/mol. The van der Waals surface area contributed by atoms with Crippen molar-refractivity contribution in [2.24, 2.45) is 10.9 Å². The zero-order valence-electron chi connectivity index (χ0n) is 7.42. The molecule has 0 spiro atoms. The molecule has 0 aromatic heterocycles. The van der Waals surface area contributed by atoms with Crippen molar-refractivity contribution < 1.29 is 0 Å². The molecule has 0 bridgehead atoms. The molecule has 11 heavy (non-hydrogen) atoms. The lowest BCUT2D eigenvalue weighted by atomic mass is 10.1. The molecule has 1 rings (SSSR count). The van der Waals surface area contributed by atoms with E-state index in [2.05, 4.69) is 24.2 Å². The molecule has 0 aromatic carbocycles. The van der Waals surface area contributed by atoms with Crippen LogP contribution in [0.25, 0.3) is 0 Å². The van der Waals surface area contributed by atoms with Crippen molar-refractivity contribution >= 4 is 16.9 Å². The Kier molecular flexibility index (Phi) is 3.24. The second-order valence-electron chi connectivity index (χ2n) is 3.28. The van der Waals surface area contributed by atoms with Crippen LogP contribution in [0.2, 0.25) is 0 Å². The summed E-state index contributed by atoms with van der Waals surface area (Å²) in [5, 5.41) is 5.13. The predicted molar refractivity (Wildman–Crippen MR) is 52.2 cm³/mol. The maximum atomic E-state index is 4.11. The summed E-state index contributed by atoms with van der Waals surface area (Å²) in [6.45, 7) is 5.62. The Morgan fingerprint density at radius 1 is 1.73 bits per heavy atom. The number of amidine groups is 1. The number of thioether (sulfide) groups is 1. The molecule has 1 N–H and O–H groups in total. The smallest absolute Gasteiger partial charge is 0.156 e. The van der Waals surface area contributed by atoms with Crippen LogP contribution in [0.1, 0.15) is 20.3 Å². The maximum Gasteiger partial charge on any atom is 0.156 e. The van der Waals surface area contributed by atoms with Gasteiger partial charge < -0.3 is 5.32 Å². The number of nitrogens with zero attached hydrogens (tertiary/aromatic N) is 1.